The molecule has 0 fully saturated rings. The lowest BCUT2D eigenvalue weighted by molar-refractivity contribution is 1.24. The molecule has 0 unspecified atom stereocenters. The van der Waals surface area contributed by atoms with E-state index in [1.165, 1.54) is 0 Å². The third-order valence-corrected chi connectivity index (χ3v) is 2.32. The zero-order chi connectivity index (χ0) is 11.9. The number of nitrogens with zero attached hydrogens (tertiary/aromatic N) is 1. The van der Waals surface area contributed by atoms with Gasteiger partial charge in [-0.2, -0.15) is 0 Å². The Balaban J connectivity index is 0.000000181. The minimum absolute atomic E-state index is 0.694. The van der Waals surface area contributed by atoms with Gasteiger partial charge < -0.3 is 0 Å². The topological polar surface area (TPSA) is 12.9 Å². The molecule has 16 heavy (non-hydrogen) atoms. The monoisotopic (exact) mass is 273 g/mol. The van der Waals surface area contributed by atoms with Crippen molar-refractivity contribution < 1.29 is 0 Å². The van der Waals surface area contributed by atoms with Crippen molar-refractivity contribution in [1.29, 1.82) is 0 Å². The van der Waals surface area contributed by atoms with E-state index < -0.39 is 3.79 Å². The first-order valence-electron chi connectivity index (χ1n) is 4.58. The normalized spacial score (nSPS) is 10.2. The summed E-state index contributed by atoms with van der Waals surface area (Å²) in [6.45, 7) is 0. The van der Waals surface area contributed by atoms with Gasteiger partial charge in [-0.15, -0.1) is 0 Å². The summed E-state index contributed by atoms with van der Waals surface area (Å²) in [5, 5.41) is 0. The van der Waals surface area contributed by atoms with E-state index in [1.807, 2.05) is 36.4 Å². The fourth-order valence-corrected chi connectivity index (χ4v) is 1.32. The number of aromatic nitrogens is 1. The summed E-state index contributed by atoms with van der Waals surface area (Å²) >= 11 is 16.8. The first kappa shape index (κ1) is 13.3. The molecule has 0 saturated carbocycles. The molecular formula is C12H10Cl3N. The van der Waals surface area contributed by atoms with Crippen molar-refractivity contribution in [3.8, 4) is 0 Å². The maximum atomic E-state index is 5.59. The maximum absolute atomic E-state index is 5.59. The third kappa shape index (κ3) is 5.36. The van der Waals surface area contributed by atoms with E-state index in [4.69, 9.17) is 34.8 Å². The van der Waals surface area contributed by atoms with Gasteiger partial charge in [0.15, 0.2) is 0 Å². The van der Waals surface area contributed by atoms with Crippen LogP contribution in [0.2, 0.25) is 0 Å². The molecular weight excluding hydrogens is 264 g/mol. The molecule has 0 radical (unpaired) electrons. The number of hydrogen-bond acceptors (Lipinski definition) is 1. The quantitative estimate of drug-likeness (QED) is 0.640. The second-order valence-corrected chi connectivity index (χ2v) is 5.17. The van der Waals surface area contributed by atoms with Crippen molar-refractivity contribution in [3.05, 3.63) is 66.5 Å². The molecule has 2 aromatic rings. The van der Waals surface area contributed by atoms with Crippen molar-refractivity contribution >= 4 is 34.8 Å². The molecule has 1 nitrogen and oxygen atoms in total. The first-order chi connectivity index (χ1) is 7.61. The van der Waals surface area contributed by atoms with Crippen molar-refractivity contribution in [2.24, 2.45) is 0 Å². The van der Waals surface area contributed by atoms with Crippen LogP contribution in [0.1, 0.15) is 5.56 Å². The second kappa shape index (κ2) is 6.74. The molecule has 1 heterocycles. The summed E-state index contributed by atoms with van der Waals surface area (Å²) in [5.74, 6) is 0. The van der Waals surface area contributed by atoms with Crippen LogP contribution in [-0.4, -0.2) is 4.98 Å². The van der Waals surface area contributed by atoms with Crippen molar-refractivity contribution in [1.82, 2.24) is 4.98 Å². The molecule has 0 aliphatic rings. The summed E-state index contributed by atoms with van der Waals surface area (Å²) in [5.41, 5.74) is 0.694. The van der Waals surface area contributed by atoms with E-state index in [2.05, 4.69) is 4.98 Å². The van der Waals surface area contributed by atoms with Gasteiger partial charge in [0.2, 0.25) is 3.79 Å². The van der Waals surface area contributed by atoms with Crippen LogP contribution >= 0.6 is 34.8 Å². The SMILES string of the molecule is ClC(Cl)(Cl)c1ccccc1.c1ccncc1. The predicted octanol–water partition coefficient (Wildman–Crippen LogP) is 4.59. The summed E-state index contributed by atoms with van der Waals surface area (Å²) in [4.78, 5) is 3.78. The van der Waals surface area contributed by atoms with Gasteiger partial charge in [0.1, 0.15) is 0 Å². The van der Waals surface area contributed by atoms with E-state index >= 15 is 0 Å². The van der Waals surface area contributed by atoms with Crippen molar-refractivity contribution in [2.75, 3.05) is 0 Å². The number of hydrogen-bond donors (Lipinski definition) is 0. The highest BCUT2D eigenvalue weighted by atomic mass is 35.6. The van der Waals surface area contributed by atoms with Crippen molar-refractivity contribution in [2.45, 2.75) is 3.79 Å². The average Bonchev–Trinajstić information content (AvgIpc) is 2.32. The van der Waals surface area contributed by atoms with Crippen LogP contribution in [0.3, 0.4) is 0 Å². The third-order valence-electron chi connectivity index (χ3n) is 1.67. The van der Waals surface area contributed by atoms with Gasteiger partial charge in [-0.1, -0.05) is 71.2 Å². The van der Waals surface area contributed by atoms with E-state index in [0.717, 1.165) is 0 Å². The standard InChI is InChI=1S/C7H5Cl3.C5H5N/c8-7(9,10)6-4-2-1-3-5-6;1-2-4-6-5-3-1/h1-5H;1-5H. The molecule has 0 aliphatic carbocycles. The van der Waals surface area contributed by atoms with Gasteiger partial charge >= 0.3 is 0 Å². The molecule has 0 N–H and O–H groups in total. The molecule has 0 atom stereocenters. The van der Waals surface area contributed by atoms with Gasteiger partial charge in [-0.05, 0) is 12.1 Å². The molecule has 2 rings (SSSR count). The molecule has 1 aromatic heterocycles. The summed E-state index contributed by atoms with van der Waals surface area (Å²) in [6.07, 6.45) is 3.50. The smallest absolute Gasteiger partial charge is 0.216 e. The first-order valence-corrected chi connectivity index (χ1v) is 5.71. The Bertz CT molecular complexity index is 357. The highest BCUT2D eigenvalue weighted by Crippen LogP contribution is 2.37. The Kier molecular flexibility index (Phi) is 5.61. The van der Waals surface area contributed by atoms with E-state index in [-0.39, 0.29) is 0 Å². The number of halogens is 3. The van der Waals surface area contributed by atoms with Crippen LogP contribution in [0.25, 0.3) is 0 Å². The fraction of sp³-hybridized carbons (Fsp3) is 0.0833. The second-order valence-electron chi connectivity index (χ2n) is 2.89. The van der Waals surface area contributed by atoms with Crippen LogP contribution in [0.15, 0.2) is 60.9 Å². The lowest BCUT2D eigenvalue weighted by Crippen LogP contribution is -1.98. The highest BCUT2D eigenvalue weighted by Gasteiger charge is 2.21. The van der Waals surface area contributed by atoms with Gasteiger partial charge in [-0.25, -0.2) is 0 Å². The van der Waals surface area contributed by atoms with Gasteiger partial charge in [-0.3, -0.25) is 4.98 Å². The lowest BCUT2D eigenvalue weighted by atomic mass is 10.2. The molecule has 0 spiro atoms. The minimum Gasteiger partial charge on any atom is -0.265 e. The fourth-order valence-electron chi connectivity index (χ4n) is 0.940. The van der Waals surface area contributed by atoms with Gasteiger partial charge in [0, 0.05) is 18.0 Å². The van der Waals surface area contributed by atoms with Crippen molar-refractivity contribution in [3.63, 3.8) is 0 Å². The molecule has 4 heteroatoms. The summed E-state index contributed by atoms with van der Waals surface area (Å²) < 4.78 is -1.29. The molecule has 0 bridgehead atoms. The Hall–Kier alpha value is -0.760. The average molecular weight is 275 g/mol. The van der Waals surface area contributed by atoms with E-state index in [0.29, 0.717) is 5.56 Å². The lowest BCUT2D eigenvalue weighted by Gasteiger charge is -2.09. The summed E-state index contributed by atoms with van der Waals surface area (Å²) in [6, 6.07) is 14.8. The summed E-state index contributed by atoms with van der Waals surface area (Å²) in [7, 11) is 0. The maximum Gasteiger partial charge on any atom is 0.216 e. The number of pyridine rings is 1. The highest BCUT2D eigenvalue weighted by molar-refractivity contribution is 6.66. The van der Waals surface area contributed by atoms with E-state index in [9.17, 15) is 0 Å². The Labute approximate surface area is 110 Å². The van der Waals surface area contributed by atoms with Crippen LogP contribution in [-0.2, 0) is 3.79 Å². The van der Waals surface area contributed by atoms with Crippen LogP contribution in [0, 0.1) is 0 Å². The molecule has 0 aliphatic heterocycles. The Morgan fingerprint density at radius 2 is 1.25 bits per heavy atom. The van der Waals surface area contributed by atoms with Crippen LogP contribution in [0.5, 0.6) is 0 Å². The van der Waals surface area contributed by atoms with Gasteiger partial charge in [0.05, 0.1) is 0 Å². The number of alkyl halides is 3. The molecule has 1 aromatic carbocycles. The van der Waals surface area contributed by atoms with Gasteiger partial charge in [0.25, 0.3) is 0 Å². The minimum atomic E-state index is -1.29. The Morgan fingerprint density at radius 3 is 1.50 bits per heavy atom. The number of benzene rings is 1. The Morgan fingerprint density at radius 1 is 0.750 bits per heavy atom. The zero-order valence-corrected chi connectivity index (χ0v) is 10.6. The van der Waals surface area contributed by atoms with E-state index in [1.54, 1.807) is 24.5 Å². The largest absolute Gasteiger partial charge is 0.265 e. The predicted molar refractivity (Wildman–Crippen MR) is 69.9 cm³/mol. The van der Waals surface area contributed by atoms with Crippen LogP contribution < -0.4 is 0 Å². The molecule has 0 saturated heterocycles. The molecule has 84 valence electrons. The zero-order valence-electron chi connectivity index (χ0n) is 8.35. The van der Waals surface area contributed by atoms with Crippen LogP contribution in [0.4, 0.5) is 0 Å². The molecule has 0 amide bonds. The number of rotatable bonds is 0.